The maximum Gasteiger partial charge on any atom is 0.416 e. The van der Waals surface area contributed by atoms with Crippen LogP contribution in [-0.4, -0.2) is 44.1 Å². The highest BCUT2D eigenvalue weighted by molar-refractivity contribution is 5.94. The van der Waals surface area contributed by atoms with E-state index in [2.05, 4.69) is 4.90 Å². The van der Waals surface area contributed by atoms with Crippen molar-refractivity contribution in [1.82, 2.24) is 4.90 Å². The van der Waals surface area contributed by atoms with Crippen molar-refractivity contribution in [2.45, 2.75) is 6.18 Å². The summed E-state index contributed by atoms with van der Waals surface area (Å²) in [6, 6.07) is 18.9. The Hall–Kier alpha value is -3.68. The lowest BCUT2D eigenvalue weighted by atomic mass is 10.1. The van der Waals surface area contributed by atoms with Crippen LogP contribution in [0.3, 0.4) is 0 Å². The molecule has 1 saturated heterocycles. The van der Waals surface area contributed by atoms with Crippen molar-refractivity contribution in [2.75, 3.05) is 38.2 Å². The number of anilines is 1. The van der Waals surface area contributed by atoms with E-state index in [0.717, 1.165) is 23.6 Å². The number of carbonyl (C=O) groups is 1. The third-order valence-corrected chi connectivity index (χ3v) is 5.46. The SMILES string of the molecule is COc1cccc(N2CCN(C(=O)c3cccc(Oc4cccc(C(F)(F)F)c4)c3)CC2)c1. The first kappa shape index (κ1) is 22.5. The van der Waals surface area contributed by atoms with Gasteiger partial charge in [-0.15, -0.1) is 0 Å². The van der Waals surface area contributed by atoms with Gasteiger partial charge in [0.05, 0.1) is 12.7 Å². The second-order valence-corrected chi connectivity index (χ2v) is 7.64. The number of benzene rings is 3. The predicted octanol–water partition coefficient (Wildman–Crippen LogP) is 5.47. The van der Waals surface area contributed by atoms with E-state index in [1.165, 1.54) is 12.1 Å². The molecular weight excluding hydrogens is 433 g/mol. The van der Waals surface area contributed by atoms with E-state index in [1.54, 1.807) is 36.3 Å². The Morgan fingerprint density at radius 1 is 0.818 bits per heavy atom. The number of piperazine rings is 1. The number of hydrogen-bond acceptors (Lipinski definition) is 4. The summed E-state index contributed by atoms with van der Waals surface area (Å²) in [4.78, 5) is 17.0. The van der Waals surface area contributed by atoms with Gasteiger partial charge in [-0.05, 0) is 48.5 Å². The van der Waals surface area contributed by atoms with Gasteiger partial charge in [-0.25, -0.2) is 0 Å². The van der Waals surface area contributed by atoms with Crippen LogP contribution in [0.2, 0.25) is 0 Å². The lowest BCUT2D eigenvalue weighted by Crippen LogP contribution is -2.48. The molecule has 172 valence electrons. The van der Waals surface area contributed by atoms with Crippen molar-refractivity contribution >= 4 is 11.6 Å². The molecule has 1 amide bonds. The normalized spacial score (nSPS) is 14.2. The molecule has 5 nitrogen and oxygen atoms in total. The zero-order valence-electron chi connectivity index (χ0n) is 18.0. The van der Waals surface area contributed by atoms with E-state index in [4.69, 9.17) is 9.47 Å². The molecule has 0 radical (unpaired) electrons. The summed E-state index contributed by atoms with van der Waals surface area (Å²) in [5, 5.41) is 0. The zero-order valence-corrected chi connectivity index (χ0v) is 18.0. The molecule has 1 aliphatic heterocycles. The molecule has 8 heteroatoms. The third kappa shape index (κ3) is 5.39. The smallest absolute Gasteiger partial charge is 0.416 e. The van der Waals surface area contributed by atoms with Crippen LogP contribution in [0.1, 0.15) is 15.9 Å². The summed E-state index contributed by atoms with van der Waals surface area (Å²) in [5.74, 6) is 0.995. The van der Waals surface area contributed by atoms with Gasteiger partial charge in [0.25, 0.3) is 5.91 Å². The highest BCUT2D eigenvalue weighted by atomic mass is 19.4. The van der Waals surface area contributed by atoms with Gasteiger partial charge in [-0.1, -0.05) is 18.2 Å². The molecule has 0 saturated carbocycles. The first-order valence-electron chi connectivity index (χ1n) is 10.5. The lowest BCUT2D eigenvalue weighted by molar-refractivity contribution is -0.137. The van der Waals surface area contributed by atoms with Gasteiger partial charge in [-0.3, -0.25) is 4.79 Å². The second-order valence-electron chi connectivity index (χ2n) is 7.64. The van der Waals surface area contributed by atoms with Gasteiger partial charge in [0.1, 0.15) is 17.2 Å². The number of halogens is 3. The number of nitrogens with zero attached hydrogens (tertiary/aromatic N) is 2. The predicted molar refractivity (Wildman–Crippen MR) is 119 cm³/mol. The molecule has 1 heterocycles. The standard InChI is InChI=1S/C25H23F3N2O3/c1-32-21-8-4-7-20(17-21)29-11-13-30(14-12-29)24(31)18-5-2-9-22(15-18)33-23-10-3-6-19(16-23)25(26,27)28/h2-10,15-17H,11-14H2,1H3. The molecule has 0 atom stereocenters. The van der Waals surface area contributed by atoms with Crippen LogP contribution in [-0.2, 0) is 6.18 Å². The molecule has 0 aromatic heterocycles. The number of ether oxygens (including phenoxy) is 2. The molecule has 0 unspecified atom stereocenters. The van der Waals surface area contributed by atoms with Crippen LogP contribution >= 0.6 is 0 Å². The minimum absolute atomic E-state index is 0.0568. The fourth-order valence-corrected chi connectivity index (χ4v) is 3.72. The van der Waals surface area contributed by atoms with Gasteiger partial charge in [0.15, 0.2) is 0 Å². The Balaban J connectivity index is 1.41. The minimum Gasteiger partial charge on any atom is -0.497 e. The van der Waals surface area contributed by atoms with Gasteiger partial charge in [-0.2, -0.15) is 13.2 Å². The van der Waals surface area contributed by atoms with E-state index in [-0.39, 0.29) is 11.7 Å². The molecule has 3 aromatic carbocycles. The van der Waals surface area contributed by atoms with E-state index in [9.17, 15) is 18.0 Å². The molecule has 3 aromatic rings. The lowest BCUT2D eigenvalue weighted by Gasteiger charge is -2.36. The molecule has 4 rings (SSSR count). The Kier molecular flexibility index (Phi) is 6.44. The molecule has 0 N–H and O–H groups in total. The summed E-state index contributed by atoms with van der Waals surface area (Å²) in [5.41, 5.74) is 0.674. The van der Waals surface area contributed by atoms with Crippen molar-refractivity contribution in [2.24, 2.45) is 0 Å². The quantitative estimate of drug-likeness (QED) is 0.511. The second kappa shape index (κ2) is 9.44. The van der Waals surface area contributed by atoms with E-state index >= 15 is 0 Å². The summed E-state index contributed by atoms with van der Waals surface area (Å²) in [6.07, 6.45) is -4.45. The van der Waals surface area contributed by atoms with Crippen molar-refractivity contribution in [3.8, 4) is 17.2 Å². The van der Waals surface area contributed by atoms with Gasteiger partial charge in [0, 0.05) is 43.5 Å². The highest BCUT2D eigenvalue weighted by Crippen LogP contribution is 2.33. The van der Waals surface area contributed by atoms with Crippen LogP contribution in [0, 0.1) is 0 Å². The summed E-state index contributed by atoms with van der Waals surface area (Å²) in [6.45, 7) is 2.46. The van der Waals surface area contributed by atoms with E-state index in [1.807, 2.05) is 24.3 Å². The zero-order chi connectivity index (χ0) is 23.4. The largest absolute Gasteiger partial charge is 0.497 e. The number of amides is 1. The monoisotopic (exact) mass is 456 g/mol. The number of methoxy groups -OCH3 is 1. The summed E-state index contributed by atoms with van der Waals surface area (Å²) in [7, 11) is 1.63. The first-order valence-corrected chi connectivity index (χ1v) is 10.5. The molecule has 33 heavy (non-hydrogen) atoms. The van der Waals surface area contributed by atoms with Crippen molar-refractivity contribution in [3.05, 3.63) is 83.9 Å². The Labute approximate surface area is 189 Å². The van der Waals surface area contributed by atoms with Crippen LogP contribution in [0.15, 0.2) is 72.8 Å². The van der Waals surface area contributed by atoms with E-state index in [0.29, 0.717) is 37.5 Å². The van der Waals surface area contributed by atoms with Crippen molar-refractivity contribution in [3.63, 3.8) is 0 Å². The Morgan fingerprint density at radius 2 is 1.45 bits per heavy atom. The fourth-order valence-electron chi connectivity index (χ4n) is 3.72. The van der Waals surface area contributed by atoms with E-state index < -0.39 is 11.7 Å². The number of hydrogen-bond donors (Lipinski definition) is 0. The maximum atomic E-state index is 13.0. The fraction of sp³-hybridized carbons (Fsp3) is 0.240. The first-order chi connectivity index (χ1) is 15.8. The molecule has 0 spiro atoms. The molecule has 1 aliphatic rings. The van der Waals surface area contributed by atoms with Gasteiger partial charge in [0.2, 0.25) is 0 Å². The maximum absolute atomic E-state index is 13.0. The number of alkyl halides is 3. The Morgan fingerprint density at radius 3 is 2.15 bits per heavy atom. The molecule has 0 aliphatic carbocycles. The van der Waals surface area contributed by atoms with Crippen LogP contribution in [0.4, 0.5) is 18.9 Å². The molecular formula is C25H23F3N2O3. The highest BCUT2D eigenvalue weighted by Gasteiger charge is 2.30. The van der Waals surface area contributed by atoms with Crippen LogP contribution in [0.5, 0.6) is 17.2 Å². The minimum atomic E-state index is -4.45. The van der Waals surface area contributed by atoms with Crippen LogP contribution < -0.4 is 14.4 Å². The summed E-state index contributed by atoms with van der Waals surface area (Å²) < 4.78 is 49.7. The van der Waals surface area contributed by atoms with Crippen molar-refractivity contribution in [1.29, 1.82) is 0 Å². The topological polar surface area (TPSA) is 42.0 Å². The third-order valence-electron chi connectivity index (χ3n) is 5.46. The Bertz CT molecular complexity index is 1130. The van der Waals surface area contributed by atoms with Crippen LogP contribution in [0.25, 0.3) is 0 Å². The number of carbonyl (C=O) groups excluding carboxylic acids is 1. The van der Waals surface area contributed by atoms with Crippen molar-refractivity contribution < 1.29 is 27.4 Å². The molecule has 0 bridgehead atoms. The van der Waals surface area contributed by atoms with Gasteiger partial charge >= 0.3 is 6.18 Å². The average molecular weight is 456 g/mol. The average Bonchev–Trinajstić information content (AvgIpc) is 2.83. The molecule has 1 fully saturated rings. The number of rotatable bonds is 5. The summed E-state index contributed by atoms with van der Waals surface area (Å²) >= 11 is 0. The van der Waals surface area contributed by atoms with Gasteiger partial charge < -0.3 is 19.3 Å².